The normalized spacial score (nSPS) is 14.4. The van der Waals surface area contributed by atoms with Crippen molar-refractivity contribution in [3.63, 3.8) is 0 Å². The van der Waals surface area contributed by atoms with E-state index in [0.717, 1.165) is 30.1 Å². The van der Waals surface area contributed by atoms with Crippen LogP contribution in [0.4, 0.5) is 5.69 Å². The molecule has 34 heavy (non-hydrogen) atoms. The first kappa shape index (κ1) is 23.8. The summed E-state index contributed by atoms with van der Waals surface area (Å²) in [7, 11) is 1.68. The van der Waals surface area contributed by atoms with E-state index in [1.54, 1.807) is 22.4 Å². The van der Waals surface area contributed by atoms with Crippen molar-refractivity contribution in [3.8, 4) is 11.5 Å². The highest BCUT2D eigenvalue weighted by molar-refractivity contribution is 5.97. The molecule has 0 spiro atoms. The van der Waals surface area contributed by atoms with Crippen LogP contribution in [0.2, 0.25) is 0 Å². The van der Waals surface area contributed by atoms with Gasteiger partial charge in [0.2, 0.25) is 11.4 Å². The first-order valence-electron chi connectivity index (χ1n) is 11.6. The van der Waals surface area contributed by atoms with Gasteiger partial charge in [0.25, 0.3) is 5.65 Å². The predicted molar refractivity (Wildman–Crippen MR) is 127 cm³/mol. The average Bonchev–Trinajstić information content (AvgIpc) is 3.12. The van der Waals surface area contributed by atoms with Crippen molar-refractivity contribution in [1.82, 2.24) is 9.50 Å². The van der Waals surface area contributed by atoms with Gasteiger partial charge in [0.1, 0.15) is 11.9 Å². The molecule has 9 nitrogen and oxygen atoms in total. The molecule has 2 aromatic heterocycles. The van der Waals surface area contributed by atoms with Crippen molar-refractivity contribution in [2.45, 2.75) is 39.7 Å². The first-order valence-corrected chi connectivity index (χ1v) is 11.6. The van der Waals surface area contributed by atoms with Gasteiger partial charge in [-0.1, -0.05) is 20.8 Å². The first-order chi connectivity index (χ1) is 16.2. The molecule has 1 fully saturated rings. The van der Waals surface area contributed by atoms with Crippen molar-refractivity contribution in [2.75, 3.05) is 44.9 Å². The Kier molecular flexibility index (Phi) is 6.65. The zero-order chi connectivity index (χ0) is 24.5. The van der Waals surface area contributed by atoms with E-state index in [2.05, 4.69) is 30.8 Å². The number of methoxy groups -OCH3 is 1. The van der Waals surface area contributed by atoms with Gasteiger partial charge in [-0.2, -0.15) is 14.2 Å². The van der Waals surface area contributed by atoms with Gasteiger partial charge in [0.15, 0.2) is 12.3 Å². The molecule has 0 radical (unpaired) electrons. The van der Waals surface area contributed by atoms with Gasteiger partial charge >= 0.3 is 0 Å². The SMILES string of the molecule is CCOc1ccc2n(c1)c(=N)[n-][n+]2CC(=O)c1cc(N2CCOCC2)c(OC)c(C(C)(C)C)c1. The molecule has 1 saturated heterocycles. The Bertz CT molecular complexity index is 1250. The zero-order valence-electron chi connectivity index (χ0n) is 20.6. The standard InChI is InChI=1S/C25H33N5O4/c1-6-34-18-7-8-22-29(15-18)24(26)27-30(22)16-21(31)17-13-19(25(2,3)4)23(32-5)20(14-17)28-9-11-33-12-10-28/h7-8,13-15,26H,6,9-12,16H2,1-5H3. The lowest BCUT2D eigenvalue weighted by atomic mass is 9.84. The summed E-state index contributed by atoms with van der Waals surface area (Å²) in [6.07, 6.45) is 1.72. The lowest BCUT2D eigenvalue weighted by molar-refractivity contribution is -0.720. The molecular formula is C25H33N5O4. The van der Waals surface area contributed by atoms with Crippen LogP contribution in [0.1, 0.15) is 43.6 Å². The number of pyridine rings is 1. The number of nitrogens with zero attached hydrogens (tertiary/aromatic N) is 4. The Morgan fingerprint density at radius 2 is 1.97 bits per heavy atom. The molecule has 1 aliphatic heterocycles. The Balaban J connectivity index is 1.74. The van der Waals surface area contributed by atoms with E-state index in [0.29, 0.717) is 36.8 Å². The van der Waals surface area contributed by atoms with E-state index >= 15 is 0 Å². The third-order valence-electron chi connectivity index (χ3n) is 5.97. The second-order valence-corrected chi connectivity index (χ2v) is 9.36. The molecule has 0 amide bonds. The molecular weight excluding hydrogens is 434 g/mol. The number of ketones is 1. The average molecular weight is 468 g/mol. The predicted octanol–water partition coefficient (Wildman–Crippen LogP) is 2.09. The summed E-state index contributed by atoms with van der Waals surface area (Å²) in [6.45, 7) is 11.6. The highest BCUT2D eigenvalue weighted by Crippen LogP contribution is 2.40. The lowest BCUT2D eigenvalue weighted by Gasteiger charge is -2.33. The van der Waals surface area contributed by atoms with Gasteiger partial charge < -0.3 is 24.5 Å². The van der Waals surface area contributed by atoms with Crippen LogP contribution in [0.5, 0.6) is 11.5 Å². The minimum absolute atomic E-state index is 0.0226. The molecule has 0 atom stereocenters. The number of aromatic nitrogens is 3. The van der Waals surface area contributed by atoms with Gasteiger partial charge in [-0.25, -0.2) is 0 Å². The van der Waals surface area contributed by atoms with Crippen LogP contribution in [-0.2, 0) is 16.7 Å². The smallest absolute Gasteiger partial charge is 0.296 e. The number of carbonyl (C=O) groups is 1. The van der Waals surface area contributed by atoms with Crippen LogP contribution in [0.15, 0.2) is 30.5 Å². The number of Topliss-reactive ketones (excluding diaryl/α,β-unsaturated/α-hetero) is 1. The monoisotopic (exact) mass is 467 g/mol. The third kappa shape index (κ3) is 4.65. The summed E-state index contributed by atoms with van der Waals surface area (Å²) >= 11 is 0. The fourth-order valence-electron chi connectivity index (χ4n) is 4.25. The van der Waals surface area contributed by atoms with E-state index in [1.807, 2.05) is 31.2 Å². The Hall–Kier alpha value is -3.33. The van der Waals surface area contributed by atoms with Crippen LogP contribution in [-0.4, -0.2) is 50.2 Å². The second kappa shape index (κ2) is 9.50. The second-order valence-electron chi connectivity index (χ2n) is 9.36. The van der Waals surface area contributed by atoms with E-state index < -0.39 is 0 Å². The lowest BCUT2D eigenvalue weighted by Crippen LogP contribution is -2.43. The van der Waals surface area contributed by atoms with Crippen molar-refractivity contribution in [2.24, 2.45) is 0 Å². The number of nitrogens with one attached hydrogen (secondary N) is 1. The molecule has 0 saturated carbocycles. The van der Waals surface area contributed by atoms with Gasteiger partial charge in [-0.15, -0.1) is 0 Å². The maximum Gasteiger partial charge on any atom is 0.296 e. The van der Waals surface area contributed by atoms with Gasteiger partial charge in [-0.3, -0.25) is 4.79 Å². The summed E-state index contributed by atoms with van der Waals surface area (Å²) in [6, 6.07) is 7.48. The fraction of sp³-hybridized carbons (Fsp3) is 0.480. The molecule has 9 heteroatoms. The molecule has 1 aliphatic rings. The van der Waals surface area contributed by atoms with Gasteiger partial charge in [-0.05, 0) is 30.5 Å². The van der Waals surface area contributed by atoms with E-state index in [9.17, 15) is 4.79 Å². The molecule has 0 bridgehead atoms. The number of fused-ring (bicyclic) bond motifs is 1. The topological polar surface area (TPSA) is 94.2 Å². The zero-order valence-corrected chi connectivity index (χ0v) is 20.6. The number of hydrogen-bond donors (Lipinski definition) is 1. The summed E-state index contributed by atoms with van der Waals surface area (Å²) < 4.78 is 20.1. The molecule has 3 aromatic rings. The molecule has 3 heterocycles. The number of carbonyl (C=O) groups excluding carboxylic acids is 1. The Labute approximate surface area is 199 Å². The number of morpholine rings is 1. The number of rotatable bonds is 7. The van der Waals surface area contributed by atoms with E-state index in [4.69, 9.17) is 19.6 Å². The van der Waals surface area contributed by atoms with E-state index in [1.165, 1.54) is 0 Å². The maximum atomic E-state index is 13.5. The van der Waals surface area contributed by atoms with Crippen molar-refractivity contribution in [1.29, 1.82) is 5.41 Å². The molecule has 1 aromatic carbocycles. The summed E-state index contributed by atoms with van der Waals surface area (Å²) in [5.74, 6) is 1.36. The molecule has 0 aliphatic carbocycles. The van der Waals surface area contributed by atoms with Crippen LogP contribution < -0.4 is 29.8 Å². The van der Waals surface area contributed by atoms with Crippen LogP contribution in [0.3, 0.4) is 0 Å². The number of anilines is 1. The Morgan fingerprint density at radius 3 is 2.62 bits per heavy atom. The fourth-order valence-corrected chi connectivity index (χ4v) is 4.25. The largest absolute Gasteiger partial charge is 0.494 e. The van der Waals surface area contributed by atoms with Crippen molar-refractivity contribution < 1.29 is 23.7 Å². The number of hydrogen-bond acceptors (Lipinski definition) is 6. The summed E-state index contributed by atoms with van der Waals surface area (Å²) in [5, 5.41) is 12.5. The molecule has 4 rings (SSSR count). The van der Waals surface area contributed by atoms with Crippen molar-refractivity contribution in [3.05, 3.63) is 47.2 Å². The van der Waals surface area contributed by atoms with Crippen molar-refractivity contribution >= 4 is 17.1 Å². The van der Waals surface area contributed by atoms with Crippen LogP contribution in [0, 0.1) is 5.41 Å². The molecule has 182 valence electrons. The number of ether oxygens (including phenoxy) is 3. The highest BCUT2D eigenvalue weighted by Gasteiger charge is 2.28. The van der Waals surface area contributed by atoms with E-state index in [-0.39, 0.29) is 23.4 Å². The molecule has 1 N–H and O–H groups in total. The maximum absolute atomic E-state index is 13.5. The minimum Gasteiger partial charge on any atom is -0.494 e. The molecule has 0 unspecified atom stereocenters. The third-order valence-corrected chi connectivity index (χ3v) is 5.97. The highest BCUT2D eigenvalue weighted by atomic mass is 16.5. The van der Waals surface area contributed by atoms with Crippen LogP contribution in [0.25, 0.3) is 5.65 Å². The quantitative estimate of drug-likeness (QED) is 0.422. The summed E-state index contributed by atoms with van der Waals surface area (Å²) in [4.78, 5) is 15.7. The summed E-state index contributed by atoms with van der Waals surface area (Å²) in [5.41, 5.74) is 2.95. The van der Waals surface area contributed by atoms with Crippen LogP contribution >= 0.6 is 0 Å². The number of benzene rings is 1. The van der Waals surface area contributed by atoms with Gasteiger partial charge in [0.05, 0.1) is 32.6 Å². The minimum atomic E-state index is -0.221. The Morgan fingerprint density at radius 1 is 1.24 bits per heavy atom. The van der Waals surface area contributed by atoms with Gasteiger partial charge in [0, 0.05) is 30.3 Å².